The predicted molar refractivity (Wildman–Crippen MR) is 99.5 cm³/mol. The predicted octanol–water partition coefficient (Wildman–Crippen LogP) is 2.74. The van der Waals surface area contributed by atoms with E-state index in [4.69, 9.17) is 0 Å². The second-order valence-corrected chi connectivity index (χ2v) is 6.50. The Kier molecular flexibility index (Phi) is 4.28. The number of nitrogens with zero attached hydrogens (tertiary/aromatic N) is 6. The highest BCUT2D eigenvalue weighted by atomic mass is 19.1. The van der Waals surface area contributed by atoms with Crippen molar-refractivity contribution in [1.29, 1.82) is 0 Å². The highest BCUT2D eigenvalue weighted by Gasteiger charge is 2.21. The lowest BCUT2D eigenvalue weighted by molar-refractivity contribution is 0.596. The molecule has 6 nitrogen and oxygen atoms in total. The Bertz CT molecular complexity index is 914. The molecular formula is C19H21FN6. The van der Waals surface area contributed by atoms with E-state index < -0.39 is 0 Å². The van der Waals surface area contributed by atoms with Gasteiger partial charge >= 0.3 is 0 Å². The quantitative estimate of drug-likeness (QED) is 0.725. The smallest absolute Gasteiger partial charge is 0.159 e. The average Bonchev–Trinajstić information content (AvgIpc) is 3.01. The second kappa shape index (κ2) is 6.74. The van der Waals surface area contributed by atoms with E-state index in [1.165, 1.54) is 6.07 Å². The van der Waals surface area contributed by atoms with Crippen LogP contribution in [0.25, 0.3) is 5.82 Å². The molecule has 3 heterocycles. The maximum absolute atomic E-state index is 14.0. The van der Waals surface area contributed by atoms with E-state index in [2.05, 4.69) is 24.9 Å². The van der Waals surface area contributed by atoms with Crippen LogP contribution in [0.2, 0.25) is 0 Å². The summed E-state index contributed by atoms with van der Waals surface area (Å²) in [5.74, 6) is 1.46. The van der Waals surface area contributed by atoms with E-state index in [0.29, 0.717) is 5.69 Å². The molecule has 2 aromatic heterocycles. The summed E-state index contributed by atoms with van der Waals surface area (Å²) in [6.07, 6.45) is 1.57. The number of halogens is 1. The lowest BCUT2D eigenvalue weighted by Crippen LogP contribution is -2.47. The van der Waals surface area contributed by atoms with Gasteiger partial charge in [0, 0.05) is 37.9 Å². The van der Waals surface area contributed by atoms with Crippen molar-refractivity contribution < 1.29 is 4.39 Å². The van der Waals surface area contributed by atoms with Gasteiger partial charge in [0.1, 0.15) is 18.0 Å². The molecule has 1 aliphatic rings. The molecule has 0 N–H and O–H groups in total. The van der Waals surface area contributed by atoms with Crippen molar-refractivity contribution in [3.63, 3.8) is 0 Å². The Hall–Kier alpha value is -2.96. The largest absolute Gasteiger partial charge is 0.366 e. The molecule has 0 radical (unpaired) electrons. The summed E-state index contributed by atoms with van der Waals surface area (Å²) >= 11 is 0. The Balaban J connectivity index is 1.51. The van der Waals surface area contributed by atoms with Crippen LogP contribution in [-0.2, 0) is 0 Å². The minimum absolute atomic E-state index is 0.171. The first kappa shape index (κ1) is 16.5. The van der Waals surface area contributed by atoms with Crippen molar-refractivity contribution in [3.8, 4) is 5.82 Å². The molecule has 7 heteroatoms. The minimum atomic E-state index is -0.171. The van der Waals surface area contributed by atoms with Gasteiger partial charge in [0.05, 0.1) is 11.4 Å². The van der Waals surface area contributed by atoms with Crippen LogP contribution >= 0.6 is 0 Å². The van der Waals surface area contributed by atoms with E-state index in [-0.39, 0.29) is 5.82 Å². The summed E-state index contributed by atoms with van der Waals surface area (Å²) in [7, 11) is 0. The number of piperazine rings is 1. The Morgan fingerprint density at radius 1 is 0.885 bits per heavy atom. The summed E-state index contributed by atoms with van der Waals surface area (Å²) in [6, 6.07) is 10.9. The lowest BCUT2D eigenvalue weighted by atomic mass is 10.2. The van der Waals surface area contributed by atoms with Crippen LogP contribution in [-0.4, -0.2) is 45.9 Å². The zero-order valence-corrected chi connectivity index (χ0v) is 14.9. The molecule has 0 atom stereocenters. The van der Waals surface area contributed by atoms with Crippen molar-refractivity contribution in [2.45, 2.75) is 13.8 Å². The maximum Gasteiger partial charge on any atom is 0.159 e. The first-order valence-corrected chi connectivity index (χ1v) is 8.72. The topological polar surface area (TPSA) is 50.1 Å². The summed E-state index contributed by atoms with van der Waals surface area (Å²) < 4.78 is 15.8. The normalized spacial score (nSPS) is 14.7. The number of aryl methyl sites for hydroxylation is 2. The van der Waals surface area contributed by atoms with E-state index >= 15 is 0 Å². The van der Waals surface area contributed by atoms with Gasteiger partial charge < -0.3 is 9.80 Å². The number of benzene rings is 1. The monoisotopic (exact) mass is 352 g/mol. The standard InChI is InChI=1S/C19H21FN6/c1-14-11-15(2)26(23-14)19-12-18(21-13-22-19)25-9-7-24(8-10-25)17-6-4-3-5-16(17)20/h3-6,11-13H,7-10H2,1-2H3. The summed E-state index contributed by atoms with van der Waals surface area (Å²) in [5.41, 5.74) is 2.66. The number of aromatic nitrogens is 4. The van der Waals surface area contributed by atoms with Crippen LogP contribution in [0.15, 0.2) is 42.7 Å². The fourth-order valence-corrected chi connectivity index (χ4v) is 3.37. The van der Waals surface area contributed by atoms with Gasteiger partial charge in [0.2, 0.25) is 0 Å². The molecule has 0 amide bonds. The van der Waals surface area contributed by atoms with E-state index in [9.17, 15) is 4.39 Å². The number of para-hydroxylation sites is 1. The molecule has 26 heavy (non-hydrogen) atoms. The van der Waals surface area contributed by atoms with Crippen LogP contribution < -0.4 is 9.80 Å². The van der Waals surface area contributed by atoms with Gasteiger partial charge in [0.15, 0.2) is 5.82 Å². The van der Waals surface area contributed by atoms with E-state index in [1.54, 1.807) is 12.4 Å². The van der Waals surface area contributed by atoms with Gasteiger partial charge in [-0.25, -0.2) is 19.0 Å². The molecule has 1 saturated heterocycles. The molecule has 3 aromatic rings. The van der Waals surface area contributed by atoms with Crippen LogP contribution in [0.1, 0.15) is 11.4 Å². The summed E-state index contributed by atoms with van der Waals surface area (Å²) in [5, 5.41) is 4.49. The summed E-state index contributed by atoms with van der Waals surface area (Å²) in [4.78, 5) is 13.1. The Morgan fingerprint density at radius 2 is 1.58 bits per heavy atom. The van der Waals surface area contributed by atoms with Gasteiger partial charge in [-0.15, -0.1) is 0 Å². The van der Waals surface area contributed by atoms with Crippen molar-refractivity contribution in [1.82, 2.24) is 19.7 Å². The first-order chi connectivity index (χ1) is 12.6. The van der Waals surface area contributed by atoms with Crippen molar-refractivity contribution in [3.05, 3.63) is 59.9 Å². The van der Waals surface area contributed by atoms with Gasteiger partial charge in [0.25, 0.3) is 0 Å². The molecule has 0 spiro atoms. The van der Waals surface area contributed by atoms with Crippen LogP contribution in [0.3, 0.4) is 0 Å². The molecular weight excluding hydrogens is 331 g/mol. The fraction of sp³-hybridized carbons (Fsp3) is 0.316. The number of hydrogen-bond acceptors (Lipinski definition) is 5. The first-order valence-electron chi connectivity index (χ1n) is 8.72. The molecule has 4 rings (SSSR count). The molecule has 1 fully saturated rings. The highest BCUT2D eigenvalue weighted by Crippen LogP contribution is 2.22. The Morgan fingerprint density at radius 3 is 2.27 bits per heavy atom. The van der Waals surface area contributed by atoms with Crippen LogP contribution in [0.4, 0.5) is 15.9 Å². The van der Waals surface area contributed by atoms with Crippen molar-refractivity contribution in [2.75, 3.05) is 36.0 Å². The second-order valence-electron chi connectivity index (χ2n) is 6.50. The van der Waals surface area contributed by atoms with E-state index in [1.807, 2.05) is 42.8 Å². The molecule has 0 unspecified atom stereocenters. The van der Waals surface area contributed by atoms with Crippen molar-refractivity contribution in [2.24, 2.45) is 0 Å². The van der Waals surface area contributed by atoms with Gasteiger partial charge in [-0.2, -0.15) is 5.10 Å². The third kappa shape index (κ3) is 3.12. The maximum atomic E-state index is 14.0. The van der Waals surface area contributed by atoms with Crippen LogP contribution in [0, 0.1) is 19.7 Å². The average molecular weight is 352 g/mol. The van der Waals surface area contributed by atoms with Gasteiger partial charge in [-0.1, -0.05) is 12.1 Å². The molecule has 0 aliphatic carbocycles. The summed E-state index contributed by atoms with van der Waals surface area (Å²) in [6.45, 7) is 7.03. The molecule has 0 saturated carbocycles. The molecule has 1 aromatic carbocycles. The molecule has 0 bridgehead atoms. The zero-order valence-electron chi connectivity index (χ0n) is 14.9. The van der Waals surface area contributed by atoms with Crippen LogP contribution in [0.5, 0.6) is 0 Å². The number of anilines is 2. The van der Waals surface area contributed by atoms with E-state index in [0.717, 1.165) is 49.2 Å². The van der Waals surface area contributed by atoms with Gasteiger partial charge in [-0.05, 0) is 32.0 Å². The zero-order chi connectivity index (χ0) is 18.1. The number of rotatable bonds is 3. The Labute approximate surface area is 151 Å². The highest BCUT2D eigenvalue weighted by molar-refractivity contribution is 5.51. The molecule has 134 valence electrons. The fourth-order valence-electron chi connectivity index (χ4n) is 3.37. The minimum Gasteiger partial charge on any atom is -0.366 e. The number of hydrogen-bond donors (Lipinski definition) is 0. The van der Waals surface area contributed by atoms with Gasteiger partial charge in [-0.3, -0.25) is 0 Å². The van der Waals surface area contributed by atoms with Crippen molar-refractivity contribution >= 4 is 11.5 Å². The lowest BCUT2D eigenvalue weighted by Gasteiger charge is -2.36. The third-order valence-corrected chi connectivity index (χ3v) is 4.66. The molecule has 1 aliphatic heterocycles. The SMILES string of the molecule is Cc1cc(C)n(-c2cc(N3CCN(c4ccccc4F)CC3)ncn2)n1. The third-order valence-electron chi connectivity index (χ3n) is 4.66.